The minimum absolute atomic E-state index is 0.0208. The van der Waals surface area contributed by atoms with Crippen LogP contribution >= 0.6 is 0 Å². The lowest BCUT2D eigenvalue weighted by atomic mass is 10.1. The molecule has 0 aliphatic carbocycles. The van der Waals surface area contributed by atoms with Crippen molar-refractivity contribution in [1.82, 2.24) is 20.1 Å². The molecule has 138 valence electrons. The molecule has 1 N–H and O–H groups in total. The second-order valence-electron chi connectivity index (χ2n) is 7.22. The fourth-order valence-electron chi connectivity index (χ4n) is 3.26. The zero-order chi connectivity index (χ0) is 18.4. The quantitative estimate of drug-likeness (QED) is 0.866. The summed E-state index contributed by atoms with van der Waals surface area (Å²) in [5.74, 6) is -0.0208. The number of hydrogen-bond donors (Lipinski definition) is 1. The Bertz CT molecular complexity index is 694. The minimum Gasteiger partial charge on any atom is -0.349 e. The molecule has 1 amide bonds. The summed E-state index contributed by atoms with van der Waals surface area (Å²) in [5.41, 5.74) is 3.10. The molecule has 0 saturated carbocycles. The minimum atomic E-state index is -0.0208. The lowest BCUT2D eigenvalue weighted by Crippen LogP contribution is -2.43. The van der Waals surface area contributed by atoms with E-state index in [1.54, 1.807) is 6.20 Å². The molecule has 1 aliphatic heterocycles. The average molecular weight is 352 g/mol. The van der Waals surface area contributed by atoms with Gasteiger partial charge < -0.3 is 10.2 Å². The Morgan fingerprint density at radius 3 is 2.50 bits per heavy atom. The summed E-state index contributed by atoms with van der Waals surface area (Å²) >= 11 is 0. The Kier molecular flexibility index (Phi) is 6.36. The van der Waals surface area contributed by atoms with E-state index in [-0.39, 0.29) is 11.9 Å². The van der Waals surface area contributed by atoms with Crippen LogP contribution in [0.1, 0.15) is 28.4 Å². The van der Waals surface area contributed by atoms with Crippen molar-refractivity contribution >= 4 is 5.91 Å². The Morgan fingerprint density at radius 1 is 1.12 bits per heavy atom. The highest BCUT2D eigenvalue weighted by atomic mass is 16.1. The summed E-state index contributed by atoms with van der Waals surface area (Å²) in [6, 6.07) is 12.0. The Morgan fingerprint density at radius 2 is 1.85 bits per heavy atom. The molecule has 1 fully saturated rings. The van der Waals surface area contributed by atoms with Crippen molar-refractivity contribution in [3.8, 4) is 0 Å². The molecule has 0 spiro atoms. The highest BCUT2D eigenvalue weighted by Crippen LogP contribution is 2.10. The van der Waals surface area contributed by atoms with E-state index in [1.165, 1.54) is 5.56 Å². The second-order valence-corrected chi connectivity index (χ2v) is 7.22. The Hall–Kier alpha value is -2.24. The van der Waals surface area contributed by atoms with Crippen molar-refractivity contribution in [1.29, 1.82) is 0 Å². The molecule has 1 atom stereocenters. The molecule has 0 radical (unpaired) electrons. The summed E-state index contributed by atoms with van der Waals surface area (Å²) < 4.78 is 0. The monoisotopic (exact) mass is 352 g/mol. The predicted octanol–water partition coefficient (Wildman–Crippen LogP) is 2.19. The van der Waals surface area contributed by atoms with Gasteiger partial charge in [-0.3, -0.25) is 14.7 Å². The molecule has 0 unspecified atom stereocenters. The first-order valence-electron chi connectivity index (χ1n) is 9.30. The lowest BCUT2D eigenvalue weighted by Gasteiger charge is -2.32. The molecule has 26 heavy (non-hydrogen) atoms. The van der Waals surface area contributed by atoms with Crippen molar-refractivity contribution in [2.24, 2.45) is 0 Å². The van der Waals surface area contributed by atoms with Crippen LogP contribution in [0.5, 0.6) is 0 Å². The number of aromatic nitrogens is 1. The number of benzene rings is 1. The number of piperazine rings is 1. The third kappa shape index (κ3) is 5.38. The number of pyridine rings is 1. The van der Waals surface area contributed by atoms with Gasteiger partial charge in [0.1, 0.15) is 0 Å². The molecule has 5 heteroatoms. The van der Waals surface area contributed by atoms with Crippen LogP contribution in [0.15, 0.2) is 48.8 Å². The van der Waals surface area contributed by atoms with E-state index in [2.05, 4.69) is 39.3 Å². The largest absolute Gasteiger partial charge is 0.349 e. The van der Waals surface area contributed by atoms with Crippen LogP contribution in [0, 0.1) is 0 Å². The standard InChI is InChI=1S/C21H28N4O/c1-17(14-19-4-3-9-22-15-19)23-21(26)20-7-5-18(6-8-20)16-25-12-10-24(2)11-13-25/h3-9,15,17H,10-14,16H2,1-2H3,(H,23,26)/t17-/m0/s1. The number of carbonyl (C=O) groups excluding carboxylic acids is 1. The van der Waals surface area contributed by atoms with Crippen LogP contribution in [0.2, 0.25) is 0 Å². The Balaban J connectivity index is 1.50. The van der Waals surface area contributed by atoms with Crippen molar-refractivity contribution in [2.45, 2.75) is 25.9 Å². The molecule has 1 aliphatic rings. The van der Waals surface area contributed by atoms with E-state index < -0.39 is 0 Å². The molecular weight excluding hydrogens is 324 g/mol. The van der Waals surface area contributed by atoms with Gasteiger partial charge in [0.05, 0.1) is 0 Å². The van der Waals surface area contributed by atoms with Crippen molar-refractivity contribution in [2.75, 3.05) is 33.2 Å². The fraction of sp³-hybridized carbons (Fsp3) is 0.429. The summed E-state index contributed by atoms with van der Waals surface area (Å²) in [5, 5.41) is 3.07. The summed E-state index contributed by atoms with van der Waals surface area (Å²) in [6.07, 6.45) is 4.38. The average Bonchev–Trinajstić information content (AvgIpc) is 2.65. The molecule has 1 saturated heterocycles. The Labute approximate surface area is 156 Å². The van der Waals surface area contributed by atoms with E-state index in [1.807, 2.05) is 37.4 Å². The van der Waals surface area contributed by atoms with E-state index in [4.69, 9.17) is 0 Å². The van der Waals surface area contributed by atoms with Gasteiger partial charge in [-0.2, -0.15) is 0 Å². The van der Waals surface area contributed by atoms with Crippen LogP contribution < -0.4 is 5.32 Å². The van der Waals surface area contributed by atoms with Gasteiger partial charge in [0, 0.05) is 56.7 Å². The van der Waals surface area contributed by atoms with Gasteiger partial charge in [-0.25, -0.2) is 0 Å². The molecule has 0 bridgehead atoms. The molecule has 1 aromatic heterocycles. The summed E-state index contributed by atoms with van der Waals surface area (Å²) in [7, 11) is 2.17. The van der Waals surface area contributed by atoms with E-state index in [0.29, 0.717) is 5.56 Å². The maximum Gasteiger partial charge on any atom is 0.251 e. The fourth-order valence-corrected chi connectivity index (χ4v) is 3.26. The number of nitrogens with one attached hydrogen (secondary N) is 1. The van der Waals surface area contributed by atoms with Crippen molar-refractivity contribution < 1.29 is 4.79 Å². The first-order chi connectivity index (χ1) is 12.6. The predicted molar refractivity (Wildman–Crippen MR) is 104 cm³/mol. The third-order valence-electron chi connectivity index (χ3n) is 4.86. The van der Waals surface area contributed by atoms with E-state index in [9.17, 15) is 4.79 Å². The van der Waals surface area contributed by atoms with Crippen molar-refractivity contribution in [3.63, 3.8) is 0 Å². The number of amides is 1. The summed E-state index contributed by atoms with van der Waals surface area (Å²) in [6.45, 7) is 7.42. The molecule has 3 rings (SSSR count). The highest BCUT2D eigenvalue weighted by Gasteiger charge is 2.14. The van der Waals surface area contributed by atoms with Gasteiger partial charge in [-0.05, 0) is 49.7 Å². The molecule has 2 aromatic rings. The smallest absolute Gasteiger partial charge is 0.251 e. The number of likely N-dealkylation sites (N-methyl/N-ethyl adjacent to an activating group) is 1. The third-order valence-corrected chi connectivity index (χ3v) is 4.86. The topological polar surface area (TPSA) is 48.5 Å². The first-order valence-corrected chi connectivity index (χ1v) is 9.30. The van der Waals surface area contributed by atoms with Crippen LogP contribution in [0.25, 0.3) is 0 Å². The van der Waals surface area contributed by atoms with Gasteiger partial charge in [-0.15, -0.1) is 0 Å². The number of hydrogen-bond acceptors (Lipinski definition) is 4. The maximum absolute atomic E-state index is 12.4. The molecule has 5 nitrogen and oxygen atoms in total. The summed E-state index contributed by atoms with van der Waals surface area (Å²) in [4.78, 5) is 21.4. The molecule has 2 heterocycles. The first kappa shape index (κ1) is 18.5. The van der Waals surface area contributed by atoms with E-state index >= 15 is 0 Å². The van der Waals surface area contributed by atoms with Gasteiger partial charge in [0.25, 0.3) is 5.91 Å². The molecule has 1 aromatic carbocycles. The number of nitrogens with zero attached hydrogens (tertiary/aromatic N) is 3. The lowest BCUT2D eigenvalue weighted by molar-refractivity contribution is 0.0940. The van der Waals surface area contributed by atoms with E-state index in [0.717, 1.165) is 44.7 Å². The van der Waals surface area contributed by atoms with Gasteiger partial charge in [0.2, 0.25) is 0 Å². The highest BCUT2D eigenvalue weighted by molar-refractivity contribution is 5.94. The second kappa shape index (κ2) is 8.92. The van der Waals surface area contributed by atoms with Crippen LogP contribution in [-0.4, -0.2) is 60.0 Å². The van der Waals surface area contributed by atoms with Gasteiger partial charge in [0.15, 0.2) is 0 Å². The zero-order valence-electron chi connectivity index (χ0n) is 15.7. The zero-order valence-corrected chi connectivity index (χ0v) is 15.7. The number of carbonyl (C=O) groups is 1. The van der Waals surface area contributed by atoms with Gasteiger partial charge in [-0.1, -0.05) is 18.2 Å². The maximum atomic E-state index is 12.4. The molecular formula is C21H28N4O. The normalized spacial score (nSPS) is 17.0. The van der Waals surface area contributed by atoms with Crippen LogP contribution in [-0.2, 0) is 13.0 Å². The number of rotatable bonds is 6. The van der Waals surface area contributed by atoms with Crippen LogP contribution in [0.4, 0.5) is 0 Å². The SMILES string of the molecule is C[C@@H](Cc1cccnc1)NC(=O)c1ccc(CN2CCN(C)CC2)cc1. The van der Waals surface area contributed by atoms with Gasteiger partial charge >= 0.3 is 0 Å². The van der Waals surface area contributed by atoms with Crippen molar-refractivity contribution in [3.05, 3.63) is 65.5 Å². The van der Waals surface area contributed by atoms with Crippen LogP contribution in [0.3, 0.4) is 0 Å².